The van der Waals surface area contributed by atoms with Crippen molar-refractivity contribution in [2.24, 2.45) is 5.92 Å². The van der Waals surface area contributed by atoms with Gasteiger partial charge >= 0.3 is 5.97 Å². The molecule has 1 amide bonds. The Balaban J connectivity index is 1.84. The Hall–Kier alpha value is -2.12. The van der Waals surface area contributed by atoms with Crippen LogP contribution in [0.5, 0.6) is 0 Å². The van der Waals surface area contributed by atoms with Crippen LogP contribution in [0.15, 0.2) is 6.33 Å². The number of nitrogens with two attached hydrogens (primary N) is 1. The van der Waals surface area contributed by atoms with Crippen LogP contribution in [0.3, 0.4) is 0 Å². The minimum absolute atomic E-state index is 0.0479. The summed E-state index contributed by atoms with van der Waals surface area (Å²) < 4.78 is 6.11. The second-order valence-electron chi connectivity index (χ2n) is 4.48. The van der Waals surface area contributed by atoms with Gasteiger partial charge in [0.1, 0.15) is 12.9 Å². The van der Waals surface area contributed by atoms with Gasteiger partial charge in [-0.3, -0.25) is 9.59 Å². The van der Waals surface area contributed by atoms with Gasteiger partial charge in [-0.1, -0.05) is 0 Å². The SMILES string of the molecule is COC(=O)C1CCN(C(=O)Cn2cnc(N)n2)CC1. The van der Waals surface area contributed by atoms with Crippen LogP contribution in [0.25, 0.3) is 0 Å². The molecule has 2 heterocycles. The molecule has 0 radical (unpaired) electrons. The molecule has 0 unspecified atom stereocenters. The number of carbonyl (C=O) groups excluding carboxylic acids is 2. The normalized spacial score (nSPS) is 16.4. The number of hydrogen-bond donors (Lipinski definition) is 1. The maximum Gasteiger partial charge on any atom is 0.308 e. The van der Waals surface area contributed by atoms with Crippen LogP contribution in [0.4, 0.5) is 5.95 Å². The van der Waals surface area contributed by atoms with Crippen LogP contribution in [0.1, 0.15) is 12.8 Å². The maximum absolute atomic E-state index is 12.0. The lowest BCUT2D eigenvalue weighted by Gasteiger charge is -2.30. The number of likely N-dealkylation sites (tertiary alicyclic amines) is 1. The highest BCUT2D eigenvalue weighted by Gasteiger charge is 2.27. The molecule has 0 aliphatic carbocycles. The van der Waals surface area contributed by atoms with Gasteiger partial charge < -0.3 is 15.4 Å². The Labute approximate surface area is 110 Å². The molecule has 1 fully saturated rings. The molecule has 19 heavy (non-hydrogen) atoms. The fourth-order valence-corrected chi connectivity index (χ4v) is 2.16. The van der Waals surface area contributed by atoms with Crippen LogP contribution < -0.4 is 5.73 Å². The molecule has 104 valence electrons. The highest BCUT2D eigenvalue weighted by atomic mass is 16.5. The molecule has 8 heteroatoms. The summed E-state index contributed by atoms with van der Waals surface area (Å²) in [7, 11) is 1.38. The third kappa shape index (κ3) is 3.21. The van der Waals surface area contributed by atoms with Crippen molar-refractivity contribution in [3.05, 3.63) is 6.33 Å². The first kappa shape index (κ1) is 13.3. The van der Waals surface area contributed by atoms with Gasteiger partial charge in [-0.25, -0.2) is 9.67 Å². The van der Waals surface area contributed by atoms with Gasteiger partial charge in [0.05, 0.1) is 13.0 Å². The first-order valence-electron chi connectivity index (χ1n) is 6.10. The van der Waals surface area contributed by atoms with Crippen molar-refractivity contribution in [2.75, 3.05) is 25.9 Å². The number of ether oxygens (including phenoxy) is 1. The fraction of sp³-hybridized carbons (Fsp3) is 0.636. The van der Waals surface area contributed by atoms with E-state index in [9.17, 15) is 9.59 Å². The Morgan fingerprint density at radius 3 is 2.68 bits per heavy atom. The standard InChI is InChI=1S/C11H17N5O3/c1-19-10(18)8-2-4-15(5-3-8)9(17)6-16-7-13-11(12)14-16/h7-8H,2-6H2,1H3,(H2,12,14). The van der Waals surface area contributed by atoms with Crippen molar-refractivity contribution < 1.29 is 14.3 Å². The van der Waals surface area contributed by atoms with Gasteiger partial charge in [0.2, 0.25) is 11.9 Å². The van der Waals surface area contributed by atoms with Crippen molar-refractivity contribution in [3.8, 4) is 0 Å². The Morgan fingerprint density at radius 2 is 2.16 bits per heavy atom. The average molecular weight is 267 g/mol. The molecular weight excluding hydrogens is 250 g/mol. The summed E-state index contributed by atoms with van der Waals surface area (Å²) in [6, 6.07) is 0. The van der Waals surface area contributed by atoms with Crippen molar-refractivity contribution >= 4 is 17.8 Å². The summed E-state index contributed by atoms with van der Waals surface area (Å²) in [6.45, 7) is 1.23. The third-order valence-corrected chi connectivity index (χ3v) is 3.23. The van der Waals surface area contributed by atoms with Crippen LogP contribution in [0.2, 0.25) is 0 Å². The Kier molecular flexibility index (Phi) is 3.98. The van der Waals surface area contributed by atoms with E-state index in [1.807, 2.05) is 0 Å². The van der Waals surface area contributed by atoms with E-state index < -0.39 is 0 Å². The number of esters is 1. The van der Waals surface area contributed by atoms with Gasteiger partial charge in [-0.15, -0.1) is 5.10 Å². The number of aromatic nitrogens is 3. The Morgan fingerprint density at radius 1 is 1.47 bits per heavy atom. The summed E-state index contributed by atoms with van der Waals surface area (Å²) in [5.74, 6) is -0.197. The molecule has 1 aliphatic rings. The molecule has 0 bridgehead atoms. The highest BCUT2D eigenvalue weighted by Crippen LogP contribution is 2.18. The summed E-state index contributed by atoms with van der Waals surface area (Å²) in [5.41, 5.74) is 5.38. The van der Waals surface area contributed by atoms with Crippen LogP contribution in [-0.4, -0.2) is 51.7 Å². The summed E-state index contributed by atoms with van der Waals surface area (Å²) in [6.07, 6.45) is 2.70. The van der Waals surface area contributed by atoms with E-state index in [-0.39, 0.29) is 30.3 Å². The van der Waals surface area contributed by atoms with Crippen LogP contribution >= 0.6 is 0 Å². The number of methoxy groups -OCH3 is 1. The van der Waals surface area contributed by atoms with Crippen molar-refractivity contribution in [3.63, 3.8) is 0 Å². The number of amides is 1. The van der Waals surface area contributed by atoms with E-state index in [0.29, 0.717) is 25.9 Å². The first-order valence-corrected chi connectivity index (χ1v) is 6.10. The number of hydrogen-bond acceptors (Lipinski definition) is 6. The minimum Gasteiger partial charge on any atom is -0.469 e. The van der Waals surface area contributed by atoms with Crippen molar-refractivity contribution in [1.82, 2.24) is 19.7 Å². The third-order valence-electron chi connectivity index (χ3n) is 3.23. The molecule has 0 aromatic carbocycles. The number of piperidine rings is 1. The molecule has 0 saturated carbocycles. The number of nitrogens with zero attached hydrogens (tertiary/aromatic N) is 4. The smallest absolute Gasteiger partial charge is 0.308 e. The molecule has 1 aromatic rings. The van der Waals surface area contributed by atoms with E-state index in [1.165, 1.54) is 18.1 Å². The number of anilines is 1. The largest absolute Gasteiger partial charge is 0.469 e. The Bertz CT molecular complexity index is 465. The molecule has 2 rings (SSSR count). The van der Waals surface area contributed by atoms with E-state index in [1.54, 1.807) is 4.90 Å². The van der Waals surface area contributed by atoms with Gasteiger partial charge in [-0.2, -0.15) is 0 Å². The molecule has 1 saturated heterocycles. The van der Waals surface area contributed by atoms with E-state index in [0.717, 1.165) is 0 Å². The quantitative estimate of drug-likeness (QED) is 0.724. The zero-order valence-corrected chi connectivity index (χ0v) is 10.8. The highest BCUT2D eigenvalue weighted by molar-refractivity contribution is 5.77. The predicted octanol–water partition coefficient (Wildman–Crippen LogP) is -0.728. The topological polar surface area (TPSA) is 103 Å². The molecule has 8 nitrogen and oxygen atoms in total. The maximum atomic E-state index is 12.0. The summed E-state index contributed by atoms with van der Waals surface area (Å²) in [4.78, 5) is 28.9. The van der Waals surface area contributed by atoms with Crippen LogP contribution in [0, 0.1) is 5.92 Å². The van der Waals surface area contributed by atoms with E-state index in [4.69, 9.17) is 10.5 Å². The predicted molar refractivity (Wildman–Crippen MR) is 65.8 cm³/mol. The molecule has 0 atom stereocenters. The fourth-order valence-electron chi connectivity index (χ4n) is 2.16. The molecule has 1 aromatic heterocycles. The van der Waals surface area contributed by atoms with Gasteiger partial charge in [-0.05, 0) is 12.8 Å². The monoisotopic (exact) mass is 267 g/mol. The second kappa shape index (κ2) is 5.68. The number of carbonyl (C=O) groups is 2. The minimum atomic E-state index is -0.198. The van der Waals surface area contributed by atoms with Gasteiger partial charge in [0.25, 0.3) is 0 Å². The summed E-state index contributed by atoms with van der Waals surface area (Å²) in [5, 5.41) is 3.86. The summed E-state index contributed by atoms with van der Waals surface area (Å²) >= 11 is 0. The second-order valence-corrected chi connectivity index (χ2v) is 4.48. The zero-order valence-electron chi connectivity index (χ0n) is 10.8. The molecule has 1 aliphatic heterocycles. The first-order chi connectivity index (χ1) is 9.10. The van der Waals surface area contributed by atoms with Crippen molar-refractivity contribution in [2.45, 2.75) is 19.4 Å². The number of nitrogen functional groups attached to an aromatic ring is 1. The lowest BCUT2D eigenvalue weighted by molar-refractivity contribution is -0.149. The molecule has 0 spiro atoms. The van der Waals surface area contributed by atoms with Gasteiger partial charge in [0, 0.05) is 13.1 Å². The average Bonchev–Trinajstić information content (AvgIpc) is 2.83. The van der Waals surface area contributed by atoms with E-state index >= 15 is 0 Å². The van der Waals surface area contributed by atoms with Gasteiger partial charge in [0.15, 0.2) is 0 Å². The lowest BCUT2D eigenvalue weighted by Crippen LogP contribution is -2.42. The zero-order chi connectivity index (χ0) is 13.8. The molecule has 2 N–H and O–H groups in total. The van der Waals surface area contributed by atoms with E-state index in [2.05, 4.69) is 10.1 Å². The lowest BCUT2D eigenvalue weighted by atomic mass is 9.97. The molecular formula is C11H17N5O3. The van der Waals surface area contributed by atoms with Crippen molar-refractivity contribution in [1.29, 1.82) is 0 Å². The van der Waals surface area contributed by atoms with Crippen LogP contribution in [-0.2, 0) is 20.9 Å². The number of rotatable bonds is 3.